The minimum absolute atomic E-state index is 0.301. The molecule has 0 aliphatic carbocycles. The largest absolute Gasteiger partial charge is 0.451 e. The molecule has 1 heterocycles. The van der Waals surface area contributed by atoms with Gasteiger partial charge in [0.05, 0.1) is 4.88 Å². The zero-order chi connectivity index (χ0) is 20.0. The lowest BCUT2D eigenvalue weighted by Gasteiger charge is -2.15. The van der Waals surface area contributed by atoms with Crippen LogP contribution in [0.1, 0.15) is 21.5 Å². The maximum atomic E-state index is 12.1. The third-order valence-electron chi connectivity index (χ3n) is 3.69. The van der Waals surface area contributed by atoms with Crippen molar-refractivity contribution in [3.05, 3.63) is 46.2 Å². The number of amides is 2. The third-order valence-corrected chi connectivity index (χ3v) is 4.69. The Bertz CT molecular complexity index is 815. The number of nitrogens with one attached hydrogen (secondary N) is 2. The van der Waals surface area contributed by atoms with Crippen molar-refractivity contribution in [2.24, 2.45) is 0 Å². The maximum Gasteiger partial charge on any atom is 0.326 e. The molecule has 0 fully saturated rings. The molecule has 1 aromatic carbocycles. The first-order chi connectivity index (χ1) is 12.8. The van der Waals surface area contributed by atoms with Gasteiger partial charge < -0.3 is 20.3 Å². The molecule has 2 rings (SSSR count). The smallest absolute Gasteiger partial charge is 0.326 e. The van der Waals surface area contributed by atoms with E-state index in [0.29, 0.717) is 10.6 Å². The van der Waals surface area contributed by atoms with Crippen LogP contribution >= 0.6 is 11.3 Å². The van der Waals surface area contributed by atoms with E-state index in [0.717, 1.165) is 10.6 Å². The number of aryl methyl sites for hydroxylation is 1. The van der Waals surface area contributed by atoms with E-state index in [1.807, 2.05) is 44.1 Å². The Morgan fingerprint density at radius 1 is 1.11 bits per heavy atom. The summed E-state index contributed by atoms with van der Waals surface area (Å²) >= 11 is 1.34. The number of ether oxygens (including phenoxy) is 1. The van der Waals surface area contributed by atoms with Crippen molar-refractivity contribution in [2.75, 3.05) is 30.9 Å². The van der Waals surface area contributed by atoms with Crippen molar-refractivity contribution in [2.45, 2.75) is 20.0 Å². The third kappa shape index (κ3) is 6.10. The molecule has 1 atom stereocenters. The minimum atomic E-state index is -0.980. The van der Waals surface area contributed by atoms with Crippen LogP contribution in [0, 0.1) is 6.92 Å². The monoisotopic (exact) mass is 389 g/mol. The molecule has 144 valence electrons. The fourth-order valence-corrected chi connectivity index (χ4v) is 2.96. The summed E-state index contributed by atoms with van der Waals surface area (Å²) in [5.41, 5.74) is 1.61. The number of carbonyl (C=O) groups is 3. The predicted molar refractivity (Wildman–Crippen MR) is 106 cm³/mol. The Labute approximate surface area is 162 Å². The van der Waals surface area contributed by atoms with Crippen molar-refractivity contribution < 1.29 is 19.1 Å². The standard InChI is InChI=1S/C19H23N3O4S/c1-12-5-10-16(27-12)19(25)20-11-17(23)26-13(2)18(24)21-14-6-8-15(9-7-14)22(3)4/h5-10,13H,11H2,1-4H3,(H,20,25)(H,21,24)/t13-/m1/s1. The second-order valence-corrected chi connectivity index (χ2v) is 7.44. The van der Waals surface area contributed by atoms with Crippen LogP contribution < -0.4 is 15.5 Å². The van der Waals surface area contributed by atoms with E-state index in [1.165, 1.54) is 18.3 Å². The Morgan fingerprint density at radius 2 is 1.78 bits per heavy atom. The lowest BCUT2D eigenvalue weighted by molar-refractivity contribution is -0.152. The maximum absolute atomic E-state index is 12.1. The molecule has 2 amide bonds. The molecule has 7 nitrogen and oxygen atoms in total. The van der Waals surface area contributed by atoms with Gasteiger partial charge in [0, 0.05) is 30.3 Å². The number of thiophene rings is 1. The Hall–Kier alpha value is -2.87. The van der Waals surface area contributed by atoms with Gasteiger partial charge in [0.1, 0.15) is 6.54 Å². The van der Waals surface area contributed by atoms with Crippen LogP contribution in [0.2, 0.25) is 0 Å². The van der Waals surface area contributed by atoms with Crippen LogP contribution in [-0.4, -0.2) is 44.5 Å². The molecule has 0 radical (unpaired) electrons. The molecule has 1 aromatic heterocycles. The van der Waals surface area contributed by atoms with Gasteiger partial charge in [-0.1, -0.05) is 0 Å². The SMILES string of the molecule is Cc1ccc(C(=O)NCC(=O)O[C@H](C)C(=O)Nc2ccc(N(C)C)cc2)s1. The molecule has 2 aromatic rings. The van der Waals surface area contributed by atoms with Crippen LogP contribution in [0.15, 0.2) is 36.4 Å². The molecule has 2 N–H and O–H groups in total. The number of rotatable bonds is 7. The molecule has 0 saturated heterocycles. The normalized spacial score (nSPS) is 11.4. The zero-order valence-corrected chi connectivity index (χ0v) is 16.6. The van der Waals surface area contributed by atoms with Gasteiger partial charge in [0.2, 0.25) is 0 Å². The van der Waals surface area contributed by atoms with E-state index in [9.17, 15) is 14.4 Å². The Balaban J connectivity index is 1.79. The highest BCUT2D eigenvalue weighted by Gasteiger charge is 2.19. The summed E-state index contributed by atoms with van der Waals surface area (Å²) in [6, 6.07) is 10.8. The molecule has 0 spiro atoms. The number of nitrogens with zero attached hydrogens (tertiary/aromatic N) is 1. The fraction of sp³-hybridized carbons (Fsp3) is 0.316. The number of carbonyl (C=O) groups excluding carboxylic acids is 3. The van der Waals surface area contributed by atoms with E-state index in [1.54, 1.807) is 18.2 Å². The lowest BCUT2D eigenvalue weighted by atomic mass is 10.2. The van der Waals surface area contributed by atoms with Gasteiger partial charge in [0.15, 0.2) is 6.10 Å². The summed E-state index contributed by atoms with van der Waals surface area (Å²) in [6.07, 6.45) is -0.980. The van der Waals surface area contributed by atoms with Crippen LogP contribution in [0.4, 0.5) is 11.4 Å². The molecule has 0 unspecified atom stereocenters. The highest BCUT2D eigenvalue weighted by molar-refractivity contribution is 7.13. The molecule has 0 aliphatic heterocycles. The number of esters is 1. The molecule has 27 heavy (non-hydrogen) atoms. The zero-order valence-electron chi connectivity index (χ0n) is 15.7. The van der Waals surface area contributed by atoms with Crippen LogP contribution in [0.5, 0.6) is 0 Å². The number of hydrogen-bond donors (Lipinski definition) is 2. The molecule has 8 heteroatoms. The van der Waals surface area contributed by atoms with Crippen LogP contribution in [0.3, 0.4) is 0 Å². The van der Waals surface area contributed by atoms with Gasteiger partial charge in [-0.25, -0.2) is 0 Å². The van der Waals surface area contributed by atoms with E-state index >= 15 is 0 Å². The summed E-state index contributed by atoms with van der Waals surface area (Å²) in [5, 5.41) is 5.17. The van der Waals surface area contributed by atoms with E-state index in [4.69, 9.17) is 4.74 Å². The second kappa shape index (κ2) is 9.18. The van der Waals surface area contributed by atoms with E-state index < -0.39 is 18.0 Å². The molecule has 0 saturated carbocycles. The quantitative estimate of drug-likeness (QED) is 0.710. The Morgan fingerprint density at radius 3 is 2.33 bits per heavy atom. The summed E-state index contributed by atoms with van der Waals surface area (Å²) in [6.45, 7) is 3.07. The van der Waals surface area contributed by atoms with Crippen molar-refractivity contribution >= 4 is 40.5 Å². The number of hydrogen-bond acceptors (Lipinski definition) is 6. The van der Waals surface area contributed by atoms with Crippen molar-refractivity contribution in [3.63, 3.8) is 0 Å². The lowest BCUT2D eigenvalue weighted by Crippen LogP contribution is -2.35. The second-order valence-electron chi connectivity index (χ2n) is 6.16. The average molecular weight is 389 g/mol. The molecule has 0 aliphatic rings. The topological polar surface area (TPSA) is 87.7 Å². The predicted octanol–water partition coefficient (Wildman–Crippen LogP) is 2.42. The average Bonchev–Trinajstić information content (AvgIpc) is 3.06. The number of benzene rings is 1. The Kier molecular flexibility index (Phi) is 6.95. The first-order valence-electron chi connectivity index (χ1n) is 8.38. The van der Waals surface area contributed by atoms with Crippen molar-refractivity contribution in [1.82, 2.24) is 5.32 Å². The van der Waals surface area contributed by atoms with Gasteiger partial charge in [-0.3, -0.25) is 14.4 Å². The van der Waals surface area contributed by atoms with Crippen LogP contribution in [0.25, 0.3) is 0 Å². The van der Waals surface area contributed by atoms with Gasteiger partial charge in [-0.05, 0) is 50.2 Å². The summed E-state index contributed by atoms with van der Waals surface area (Å²) in [4.78, 5) is 39.4. The highest BCUT2D eigenvalue weighted by Crippen LogP contribution is 2.16. The summed E-state index contributed by atoms with van der Waals surface area (Å²) in [7, 11) is 3.85. The van der Waals surface area contributed by atoms with Gasteiger partial charge in [-0.2, -0.15) is 0 Å². The van der Waals surface area contributed by atoms with Crippen molar-refractivity contribution in [3.8, 4) is 0 Å². The van der Waals surface area contributed by atoms with Gasteiger partial charge in [-0.15, -0.1) is 11.3 Å². The molecular weight excluding hydrogens is 366 g/mol. The van der Waals surface area contributed by atoms with Gasteiger partial charge in [0.25, 0.3) is 11.8 Å². The fourth-order valence-electron chi connectivity index (χ4n) is 2.18. The molecular formula is C19H23N3O4S. The first-order valence-corrected chi connectivity index (χ1v) is 9.20. The van der Waals surface area contributed by atoms with E-state index in [-0.39, 0.29) is 12.5 Å². The first kappa shape index (κ1) is 20.4. The number of anilines is 2. The summed E-state index contributed by atoms with van der Waals surface area (Å²) in [5.74, 6) is -1.47. The van der Waals surface area contributed by atoms with Crippen LogP contribution in [-0.2, 0) is 14.3 Å². The molecule has 0 bridgehead atoms. The highest BCUT2D eigenvalue weighted by atomic mass is 32.1. The summed E-state index contributed by atoms with van der Waals surface area (Å²) < 4.78 is 5.07. The van der Waals surface area contributed by atoms with Crippen molar-refractivity contribution in [1.29, 1.82) is 0 Å². The minimum Gasteiger partial charge on any atom is -0.451 e. The van der Waals surface area contributed by atoms with Gasteiger partial charge >= 0.3 is 5.97 Å². The van der Waals surface area contributed by atoms with E-state index in [2.05, 4.69) is 10.6 Å².